The third-order valence-electron chi connectivity index (χ3n) is 6.06. The SMILES string of the molecule is Cc1ccc2c(c1)C(N1CCCN(C(=O)NCc3ccccc3)CC1)=Nc1ccccc1O2. The Hall–Kier alpha value is -3.80. The van der Waals surface area contributed by atoms with Gasteiger partial charge in [0.15, 0.2) is 5.75 Å². The highest BCUT2D eigenvalue weighted by Crippen LogP contribution is 2.38. The fraction of sp³-hybridized carbons (Fsp3) is 0.259. The Bertz CT molecular complexity index is 1180. The number of nitrogens with one attached hydrogen (secondary N) is 1. The number of benzene rings is 3. The van der Waals surface area contributed by atoms with E-state index in [0.29, 0.717) is 19.6 Å². The van der Waals surface area contributed by atoms with E-state index in [0.717, 1.165) is 59.2 Å². The van der Waals surface area contributed by atoms with Gasteiger partial charge in [-0.3, -0.25) is 0 Å². The van der Waals surface area contributed by atoms with Crippen LogP contribution in [0.3, 0.4) is 0 Å². The molecule has 0 aromatic heterocycles. The summed E-state index contributed by atoms with van der Waals surface area (Å²) < 4.78 is 6.23. The van der Waals surface area contributed by atoms with Crippen LogP contribution in [0.4, 0.5) is 10.5 Å². The molecule has 1 N–H and O–H groups in total. The average molecular weight is 441 g/mol. The van der Waals surface area contributed by atoms with Gasteiger partial charge in [-0.2, -0.15) is 0 Å². The van der Waals surface area contributed by atoms with E-state index in [1.54, 1.807) is 0 Å². The highest BCUT2D eigenvalue weighted by molar-refractivity contribution is 6.04. The van der Waals surface area contributed by atoms with Gasteiger partial charge in [0.05, 0.1) is 5.56 Å². The van der Waals surface area contributed by atoms with Crippen LogP contribution in [0.2, 0.25) is 0 Å². The standard InChI is InChI=1S/C27H28N4O2/c1-20-12-13-24-22(18-20)26(29-23-10-5-6-11-25(23)33-24)30-14-7-15-31(17-16-30)27(32)28-19-21-8-3-2-4-9-21/h2-6,8-13,18H,7,14-17,19H2,1H3,(H,28,32). The van der Waals surface area contributed by atoms with Gasteiger partial charge in [-0.15, -0.1) is 0 Å². The minimum absolute atomic E-state index is 0.0200. The molecule has 6 heteroatoms. The van der Waals surface area contributed by atoms with Crippen molar-refractivity contribution in [1.82, 2.24) is 15.1 Å². The predicted molar refractivity (Wildman–Crippen MR) is 130 cm³/mol. The van der Waals surface area contributed by atoms with Crippen LogP contribution in [0.15, 0.2) is 77.8 Å². The highest BCUT2D eigenvalue weighted by atomic mass is 16.5. The minimum atomic E-state index is -0.0200. The minimum Gasteiger partial charge on any atom is -0.454 e. The van der Waals surface area contributed by atoms with Gasteiger partial charge in [0, 0.05) is 32.7 Å². The van der Waals surface area contributed by atoms with Crippen LogP contribution in [0, 0.1) is 6.92 Å². The monoisotopic (exact) mass is 440 g/mol. The summed E-state index contributed by atoms with van der Waals surface area (Å²) in [7, 11) is 0. The summed E-state index contributed by atoms with van der Waals surface area (Å²) in [4.78, 5) is 22.0. The number of ether oxygens (including phenoxy) is 1. The van der Waals surface area contributed by atoms with E-state index >= 15 is 0 Å². The molecule has 33 heavy (non-hydrogen) atoms. The van der Waals surface area contributed by atoms with Gasteiger partial charge in [-0.1, -0.05) is 54.1 Å². The number of urea groups is 1. The first-order valence-corrected chi connectivity index (χ1v) is 11.5. The van der Waals surface area contributed by atoms with E-state index in [-0.39, 0.29) is 6.03 Å². The largest absolute Gasteiger partial charge is 0.454 e. The maximum atomic E-state index is 12.8. The van der Waals surface area contributed by atoms with Crippen molar-refractivity contribution in [3.05, 3.63) is 89.5 Å². The van der Waals surface area contributed by atoms with E-state index in [1.807, 2.05) is 65.6 Å². The molecule has 2 aliphatic rings. The zero-order valence-electron chi connectivity index (χ0n) is 18.8. The fourth-order valence-electron chi connectivity index (χ4n) is 4.29. The van der Waals surface area contributed by atoms with Gasteiger partial charge in [-0.25, -0.2) is 9.79 Å². The first-order valence-electron chi connectivity index (χ1n) is 11.5. The molecule has 3 aromatic rings. The maximum absolute atomic E-state index is 12.8. The Morgan fingerprint density at radius 2 is 1.76 bits per heavy atom. The molecule has 2 aliphatic heterocycles. The summed E-state index contributed by atoms with van der Waals surface area (Å²) in [6.45, 7) is 5.52. The molecule has 2 heterocycles. The highest BCUT2D eigenvalue weighted by Gasteiger charge is 2.26. The lowest BCUT2D eigenvalue weighted by molar-refractivity contribution is 0.200. The zero-order chi connectivity index (χ0) is 22.6. The quantitative estimate of drug-likeness (QED) is 0.603. The van der Waals surface area contributed by atoms with E-state index in [1.165, 1.54) is 0 Å². The third-order valence-corrected chi connectivity index (χ3v) is 6.06. The zero-order valence-corrected chi connectivity index (χ0v) is 18.8. The molecule has 0 unspecified atom stereocenters. The molecular formula is C27H28N4O2. The van der Waals surface area contributed by atoms with Crippen LogP contribution < -0.4 is 10.1 Å². The molecule has 0 saturated carbocycles. The third kappa shape index (κ3) is 4.70. The lowest BCUT2D eigenvalue weighted by Gasteiger charge is -2.25. The number of aliphatic imine (C=N–C) groups is 1. The summed E-state index contributed by atoms with van der Waals surface area (Å²) >= 11 is 0. The van der Waals surface area contributed by atoms with Crippen LogP contribution in [-0.4, -0.2) is 47.8 Å². The molecule has 3 aromatic carbocycles. The van der Waals surface area contributed by atoms with Crippen LogP contribution >= 0.6 is 0 Å². The van der Waals surface area contributed by atoms with Crippen molar-refractivity contribution < 1.29 is 9.53 Å². The van der Waals surface area contributed by atoms with Crippen LogP contribution in [0.5, 0.6) is 11.5 Å². The summed E-state index contributed by atoms with van der Waals surface area (Å²) in [5.74, 6) is 2.48. The molecule has 0 radical (unpaired) electrons. The number of aryl methyl sites for hydroxylation is 1. The Balaban J connectivity index is 1.35. The van der Waals surface area contributed by atoms with Gasteiger partial charge in [0.25, 0.3) is 0 Å². The molecule has 0 bridgehead atoms. The summed E-state index contributed by atoms with van der Waals surface area (Å²) in [6.07, 6.45) is 0.876. The number of para-hydroxylation sites is 2. The summed E-state index contributed by atoms with van der Waals surface area (Å²) in [6, 6.07) is 24.1. The number of amidine groups is 1. The molecule has 6 nitrogen and oxygen atoms in total. The van der Waals surface area contributed by atoms with Crippen molar-refractivity contribution in [3.63, 3.8) is 0 Å². The molecule has 5 rings (SSSR count). The van der Waals surface area contributed by atoms with Gasteiger partial charge >= 0.3 is 6.03 Å². The Morgan fingerprint density at radius 3 is 2.64 bits per heavy atom. The number of amides is 2. The van der Waals surface area contributed by atoms with Crippen LogP contribution in [0.1, 0.15) is 23.1 Å². The van der Waals surface area contributed by atoms with Crippen molar-refractivity contribution in [2.75, 3.05) is 26.2 Å². The molecular weight excluding hydrogens is 412 g/mol. The Kier molecular flexibility index (Phi) is 5.98. The van der Waals surface area contributed by atoms with Crippen molar-refractivity contribution in [1.29, 1.82) is 0 Å². The van der Waals surface area contributed by atoms with Gasteiger partial charge < -0.3 is 19.9 Å². The number of rotatable bonds is 2. The van der Waals surface area contributed by atoms with Crippen molar-refractivity contribution in [3.8, 4) is 11.5 Å². The molecule has 1 saturated heterocycles. The summed E-state index contributed by atoms with van der Waals surface area (Å²) in [5.41, 5.74) is 4.07. The normalized spacial score (nSPS) is 15.4. The molecule has 2 amide bonds. The lowest BCUT2D eigenvalue weighted by Crippen LogP contribution is -2.42. The Labute approximate surface area is 194 Å². The van der Waals surface area contributed by atoms with E-state index in [2.05, 4.69) is 29.3 Å². The average Bonchev–Trinajstić information content (AvgIpc) is 3.18. The number of hydrogen-bond donors (Lipinski definition) is 1. The van der Waals surface area contributed by atoms with E-state index in [4.69, 9.17) is 9.73 Å². The predicted octanol–water partition coefficient (Wildman–Crippen LogP) is 5.10. The smallest absolute Gasteiger partial charge is 0.317 e. The summed E-state index contributed by atoms with van der Waals surface area (Å²) in [5, 5.41) is 3.06. The van der Waals surface area contributed by atoms with E-state index < -0.39 is 0 Å². The maximum Gasteiger partial charge on any atom is 0.317 e. The molecule has 0 spiro atoms. The number of fused-ring (bicyclic) bond motifs is 2. The first kappa shape index (κ1) is 21.1. The second-order valence-corrected chi connectivity index (χ2v) is 8.48. The van der Waals surface area contributed by atoms with Gasteiger partial charge in [0.2, 0.25) is 0 Å². The number of carbonyl (C=O) groups excluding carboxylic acids is 1. The fourth-order valence-corrected chi connectivity index (χ4v) is 4.29. The van der Waals surface area contributed by atoms with Crippen molar-refractivity contribution in [2.45, 2.75) is 19.9 Å². The van der Waals surface area contributed by atoms with Crippen molar-refractivity contribution in [2.24, 2.45) is 4.99 Å². The molecule has 168 valence electrons. The van der Waals surface area contributed by atoms with E-state index in [9.17, 15) is 4.79 Å². The Morgan fingerprint density at radius 1 is 0.939 bits per heavy atom. The molecule has 0 atom stereocenters. The van der Waals surface area contributed by atoms with Crippen LogP contribution in [-0.2, 0) is 6.54 Å². The molecule has 0 aliphatic carbocycles. The second kappa shape index (κ2) is 9.36. The van der Waals surface area contributed by atoms with Crippen molar-refractivity contribution >= 4 is 17.6 Å². The van der Waals surface area contributed by atoms with Gasteiger partial charge in [0.1, 0.15) is 17.3 Å². The topological polar surface area (TPSA) is 57.2 Å². The second-order valence-electron chi connectivity index (χ2n) is 8.48. The lowest BCUT2D eigenvalue weighted by atomic mass is 10.1. The number of carbonyl (C=O) groups is 1. The van der Waals surface area contributed by atoms with Gasteiger partial charge in [-0.05, 0) is 43.2 Å². The number of nitrogens with zero attached hydrogens (tertiary/aromatic N) is 3. The number of hydrogen-bond acceptors (Lipinski definition) is 4. The van der Waals surface area contributed by atoms with Crippen LogP contribution in [0.25, 0.3) is 0 Å². The molecule has 1 fully saturated rings. The first-order chi connectivity index (χ1) is 16.2.